The van der Waals surface area contributed by atoms with Crippen molar-refractivity contribution in [1.29, 1.82) is 0 Å². The largest absolute Gasteiger partial charge is 0.421 e. The minimum Gasteiger partial charge on any atom is -0.408 e. The molecule has 0 unspecified atom stereocenters. The Hall–Kier alpha value is -1.30. The molecule has 4 rings (SSSR count). The molecule has 1 aromatic heterocycles. The van der Waals surface area contributed by atoms with Crippen molar-refractivity contribution in [2.45, 2.75) is 38.1 Å². The van der Waals surface area contributed by atoms with E-state index in [1.165, 1.54) is 6.42 Å². The van der Waals surface area contributed by atoms with E-state index in [-0.39, 0.29) is 5.76 Å². The number of rotatable bonds is 2. The van der Waals surface area contributed by atoms with E-state index < -0.39 is 0 Å². The lowest BCUT2D eigenvalue weighted by Crippen LogP contribution is -2.49. The van der Waals surface area contributed by atoms with Crippen molar-refractivity contribution in [2.75, 3.05) is 13.2 Å². The van der Waals surface area contributed by atoms with Crippen LogP contribution in [0.1, 0.15) is 19.3 Å². The summed E-state index contributed by atoms with van der Waals surface area (Å²) in [6.07, 6.45) is 3.76. The number of hydrogen-bond acceptors (Lipinski definition) is 4. The molecular weight excluding hydrogens is 292 g/mol. The highest BCUT2D eigenvalue weighted by Crippen LogP contribution is 2.30. The monoisotopic (exact) mass is 308 g/mol. The number of ether oxygens (including phenoxy) is 1. The van der Waals surface area contributed by atoms with Crippen LogP contribution in [0.25, 0.3) is 11.1 Å². The first-order valence-corrected chi connectivity index (χ1v) is 7.75. The van der Waals surface area contributed by atoms with Crippen molar-refractivity contribution in [3.63, 3.8) is 0 Å². The lowest BCUT2D eigenvalue weighted by molar-refractivity contribution is -0.0669. The lowest BCUT2D eigenvalue weighted by Gasteiger charge is -2.37. The fourth-order valence-electron chi connectivity index (χ4n) is 3.53. The number of morpholine rings is 1. The van der Waals surface area contributed by atoms with Crippen LogP contribution in [-0.4, -0.2) is 34.8 Å². The predicted octanol–water partition coefficient (Wildman–Crippen LogP) is 2.46. The van der Waals surface area contributed by atoms with E-state index in [1.807, 2.05) is 0 Å². The summed E-state index contributed by atoms with van der Waals surface area (Å²) in [4.78, 5) is 14.4. The minimum absolute atomic E-state index is 0.316. The summed E-state index contributed by atoms with van der Waals surface area (Å²) in [6, 6.07) is 5.68. The molecule has 0 amide bonds. The van der Waals surface area contributed by atoms with Crippen LogP contribution in [0.2, 0.25) is 5.02 Å². The average Bonchev–Trinajstić information content (AvgIpc) is 3.05. The van der Waals surface area contributed by atoms with E-state index in [1.54, 1.807) is 22.8 Å². The second-order valence-electron chi connectivity index (χ2n) is 5.77. The molecule has 6 heteroatoms. The van der Waals surface area contributed by atoms with E-state index in [0.29, 0.717) is 29.4 Å². The third-order valence-electron chi connectivity index (χ3n) is 4.55. The van der Waals surface area contributed by atoms with Gasteiger partial charge in [0.2, 0.25) is 0 Å². The predicted molar refractivity (Wildman–Crippen MR) is 79.6 cm³/mol. The second-order valence-corrected chi connectivity index (χ2v) is 6.21. The highest BCUT2D eigenvalue weighted by Gasteiger charge is 2.36. The maximum Gasteiger partial charge on any atom is 0.421 e. The molecule has 1 aliphatic heterocycles. The van der Waals surface area contributed by atoms with Gasteiger partial charge in [-0.05, 0) is 37.5 Å². The zero-order chi connectivity index (χ0) is 14.4. The molecule has 1 aliphatic carbocycles. The molecule has 2 heterocycles. The summed E-state index contributed by atoms with van der Waals surface area (Å²) in [5, 5.41) is 0.609. The smallest absolute Gasteiger partial charge is 0.408 e. The molecule has 0 N–H and O–H groups in total. The summed E-state index contributed by atoms with van der Waals surface area (Å²) in [6.45, 7) is 2.12. The molecule has 21 heavy (non-hydrogen) atoms. The average molecular weight is 309 g/mol. The van der Waals surface area contributed by atoms with Gasteiger partial charge in [-0.2, -0.15) is 0 Å². The molecule has 0 bridgehead atoms. The number of nitrogens with zero attached hydrogens (tertiary/aromatic N) is 2. The van der Waals surface area contributed by atoms with Gasteiger partial charge in [-0.15, -0.1) is 0 Å². The molecule has 1 saturated carbocycles. The third kappa shape index (κ3) is 2.29. The number of halogens is 1. The quantitative estimate of drug-likeness (QED) is 0.855. The van der Waals surface area contributed by atoms with Gasteiger partial charge in [0.25, 0.3) is 0 Å². The van der Waals surface area contributed by atoms with Crippen LogP contribution in [0.15, 0.2) is 27.4 Å². The number of oxazole rings is 1. The van der Waals surface area contributed by atoms with Gasteiger partial charge in [0, 0.05) is 17.6 Å². The third-order valence-corrected chi connectivity index (χ3v) is 4.78. The number of hydrogen-bond donors (Lipinski definition) is 0. The molecule has 0 radical (unpaired) electrons. The molecule has 5 nitrogen and oxygen atoms in total. The van der Waals surface area contributed by atoms with E-state index in [0.717, 1.165) is 31.5 Å². The zero-order valence-corrected chi connectivity index (χ0v) is 12.4. The van der Waals surface area contributed by atoms with Gasteiger partial charge in [0.05, 0.1) is 24.9 Å². The zero-order valence-electron chi connectivity index (χ0n) is 11.6. The molecule has 0 spiro atoms. The van der Waals surface area contributed by atoms with E-state index in [2.05, 4.69) is 4.90 Å². The van der Waals surface area contributed by atoms with Crippen LogP contribution in [0, 0.1) is 0 Å². The number of fused-ring (bicyclic) bond motifs is 2. The summed E-state index contributed by atoms with van der Waals surface area (Å²) < 4.78 is 12.8. The Bertz CT molecular complexity index is 723. The molecule has 2 aromatic rings. The van der Waals surface area contributed by atoms with Gasteiger partial charge in [0.15, 0.2) is 5.58 Å². The molecule has 1 aromatic carbocycles. The minimum atomic E-state index is -0.326. The van der Waals surface area contributed by atoms with Crippen LogP contribution >= 0.6 is 11.6 Å². The van der Waals surface area contributed by atoms with Gasteiger partial charge in [-0.3, -0.25) is 9.47 Å². The topological polar surface area (TPSA) is 47.6 Å². The highest BCUT2D eigenvalue weighted by molar-refractivity contribution is 6.31. The van der Waals surface area contributed by atoms with Gasteiger partial charge >= 0.3 is 5.76 Å². The maximum absolute atomic E-state index is 12.1. The van der Waals surface area contributed by atoms with Gasteiger partial charge in [-0.25, -0.2) is 4.79 Å². The summed E-state index contributed by atoms with van der Waals surface area (Å²) >= 11 is 6.04. The highest BCUT2D eigenvalue weighted by atomic mass is 35.5. The summed E-state index contributed by atoms with van der Waals surface area (Å²) in [5.41, 5.74) is 1.34. The first-order chi connectivity index (χ1) is 10.2. The van der Waals surface area contributed by atoms with Gasteiger partial charge < -0.3 is 9.15 Å². The van der Waals surface area contributed by atoms with Crippen molar-refractivity contribution >= 4 is 22.7 Å². The first-order valence-electron chi connectivity index (χ1n) is 7.37. The molecule has 2 atom stereocenters. The lowest BCUT2D eigenvalue weighted by atomic mass is 10.1. The summed E-state index contributed by atoms with van der Waals surface area (Å²) in [5.74, 6) is -0.326. The molecular formula is C15H17ClN2O3. The van der Waals surface area contributed by atoms with Gasteiger partial charge in [-0.1, -0.05) is 11.6 Å². The molecule has 1 saturated heterocycles. The van der Waals surface area contributed by atoms with Crippen molar-refractivity contribution in [3.05, 3.63) is 33.8 Å². The molecule has 112 valence electrons. The number of benzene rings is 1. The first kappa shape index (κ1) is 13.4. The SMILES string of the molecule is O=c1oc2ccc(Cl)cc2n1CN1CCO[C@@H]2CCC[C@@H]21. The summed E-state index contributed by atoms with van der Waals surface area (Å²) in [7, 11) is 0. The van der Waals surface area contributed by atoms with E-state index >= 15 is 0 Å². The molecule has 2 fully saturated rings. The second kappa shape index (κ2) is 5.16. The van der Waals surface area contributed by atoms with E-state index in [4.69, 9.17) is 20.8 Å². The normalized spacial score (nSPS) is 26.3. The van der Waals surface area contributed by atoms with Crippen LogP contribution in [0.5, 0.6) is 0 Å². The Morgan fingerprint density at radius 1 is 1.33 bits per heavy atom. The van der Waals surface area contributed by atoms with Crippen LogP contribution in [-0.2, 0) is 11.4 Å². The van der Waals surface area contributed by atoms with Crippen LogP contribution in [0.3, 0.4) is 0 Å². The van der Waals surface area contributed by atoms with Gasteiger partial charge in [0.1, 0.15) is 0 Å². The Morgan fingerprint density at radius 3 is 3.14 bits per heavy atom. The number of aromatic nitrogens is 1. The maximum atomic E-state index is 12.1. The fraction of sp³-hybridized carbons (Fsp3) is 0.533. The Balaban J connectivity index is 1.69. The van der Waals surface area contributed by atoms with Crippen molar-refractivity contribution in [1.82, 2.24) is 9.47 Å². The standard InChI is InChI=1S/C15H17ClN2O3/c16-10-4-5-14-12(8-10)18(15(19)21-14)9-17-6-7-20-13-3-1-2-11(13)17/h4-5,8,11,13H,1-3,6-7,9H2/t11-,13+/m0/s1. The van der Waals surface area contributed by atoms with Crippen LogP contribution < -0.4 is 5.76 Å². The van der Waals surface area contributed by atoms with Crippen molar-refractivity contribution in [2.24, 2.45) is 0 Å². The Kier molecular flexibility index (Phi) is 3.28. The van der Waals surface area contributed by atoms with Crippen LogP contribution in [0.4, 0.5) is 0 Å². The molecule has 2 aliphatic rings. The fourth-order valence-corrected chi connectivity index (χ4v) is 3.70. The van der Waals surface area contributed by atoms with E-state index in [9.17, 15) is 4.79 Å². The van der Waals surface area contributed by atoms with Crippen molar-refractivity contribution < 1.29 is 9.15 Å². The Labute approximate surface area is 127 Å². The van der Waals surface area contributed by atoms with Crippen molar-refractivity contribution in [3.8, 4) is 0 Å². The Morgan fingerprint density at radius 2 is 2.24 bits per heavy atom.